The van der Waals surface area contributed by atoms with E-state index in [9.17, 15) is 4.79 Å². The molecule has 0 fully saturated rings. The number of nitrogens with zero attached hydrogens (tertiary/aromatic N) is 3. The van der Waals surface area contributed by atoms with E-state index in [0.29, 0.717) is 18.8 Å². The van der Waals surface area contributed by atoms with Crippen LogP contribution in [0, 0.1) is 0 Å². The van der Waals surface area contributed by atoms with Gasteiger partial charge < -0.3 is 19.4 Å². The number of hydrogen-bond donors (Lipinski definition) is 2. The Morgan fingerprint density at radius 2 is 2.41 bits per heavy atom. The van der Waals surface area contributed by atoms with Crippen LogP contribution in [-0.2, 0) is 13.5 Å². The Balaban J connectivity index is 1.86. The van der Waals surface area contributed by atoms with Gasteiger partial charge in [-0.1, -0.05) is 0 Å². The van der Waals surface area contributed by atoms with Gasteiger partial charge in [-0.3, -0.25) is 0 Å². The second-order valence-corrected chi connectivity index (χ2v) is 3.50. The van der Waals surface area contributed by atoms with E-state index in [1.165, 1.54) is 6.07 Å². The average molecular weight is 236 g/mol. The van der Waals surface area contributed by atoms with Gasteiger partial charge in [-0.25, -0.2) is 4.79 Å². The number of nitrogens with one attached hydrogen (secondary N) is 1. The maximum atomic E-state index is 10.6. The Labute approximate surface area is 97.1 Å². The summed E-state index contributed by atoms with van der Waals surface area (Å²) in [4.78, 5) is 10.6. The molecule has 0 aromatic carbocycles. The fourth-order valence-corrected chi connectivity index (χ4v) is 1.38. The van der Waals surface area contributed by atoms with Crippen molar-refractivity contribution in [2.75, 3.05) is 11.9 Å². The molecule has 0 aliphatic heterocycles. The lowest BCUT2D eigenvalue weighted by Gasteiger charge is -2.02. The molecule has 90 valence electrons. The standard InChI is InChI=1S/C10H12N4O3/c1-14-6-12-13-8(14)4-5-11-9-3-2-7(17-9)10(15)16/h2-3,6,11H,4-5H2,1H3,(H,15,16). The van der Waals surface area contributed by atoms with Gasteiger partial charge in [0.25, 0.3) is 0 Å². The van der Waals surface area contributed by atoms with E-state index in [0.717, 1.165) is 5.82 Å². The van der Waals surface area contributed by atoms with E-state index in [4.69, 9.17) is 9.52 Å². The molecule has 2 aromatic heterocycles. The van der Waals surface area contributed by atoms with Crippen molar-refractivity contribution in [3.8, 4) is 0 Å². The number of aryl methyl sites for hydroxylation is 1. The van der Waals surface area contributed by atoms with E-state index in [1.807, 2.05) is 11.6 Å². The van der Waals surface area contributed by atoms with Crippen LogP contribution in [0.4, 0.5) is 5.88 Å². The monoisotopic (exact) mass is 236 g/mol. The first kappa shape index (κ1) is 11.2. The Hall–Kier alpha value is -2.31. The number of rotatable bonds is 5. The van der Waals surface area contributed by atoms with E-state index in [-0.39, 0.29) is 5.76 Å². The summed E-state index contributed by atoms with van der Waals surface area (Å²) in [6, 6.07) is 2.99. The predicted octanol–water partition coefficient (Wildman–Crippen LogP) is 0.761. The minimum Gasteiger partial charge on any atom is -0.475 e. The van der Waals surface area contributed by atoms with Crippen molar-refractivity contribution in [3.05, 3.63) is 30.0 Å². The molecule has 2 aromatic rings. The summed E-state index contributed by atoms with van der Waals surface area (Å²) in [5, 5.41) is 19.3. The number of carboxylic acid groups (broad SMARTS) is 1. The molecule has 7 nitrogen and oxygen atoms in total. The highest BCUT2D eigenvalue weighted by molar-refractivity contribution is 5.84. The first-order chi connectivity index (χ1) is 8.16. The van der Waals surface area contributed by atoms with Crippen LogP contribution >= 0.6 is 0 Å². The van der Waals surface area contributed by atoms with Crippen LogP contribution < -0.4 is 5.32 Å². The van der Waals surface area contributed by atoms with Crippen molar-refractivity contribution in [3.63, 3.8) is 0 Å². The van der Waals surface area contributed by atoms with Crippen molar-refractivity contribution in [1.29, 1.82) is 0 Å². The fourth-order valence-electron chi connectivity index (χ4n) is 1.38. The van der Waals surface area contributed by atoms with Crippen LogP contribution in [0.15, 0.2) is 22.9 Å². The van der Waals surface area contributed by atoms with Gasteiger partial charge in [0, 0.05) is 26.1 Å². The average Bonchev–Trinajstić information content (AvgIpc) is 2.89. The summed E-state index contributed by atoms with van der Waals surface area (Å²) in [6.45, 7) is 0.596. The molecule has 2 rings (SSSR count). The minimum absolute atomic E-state index is 0.0776. The zero-order chi connectivity index (χ0) is 12.3. The van der Waals surface area contributed by atoms with Crippen molar-refractivity contribution >= 4 is 11.9 Å². The number of anilines is 1. The van der Waals surface area contributed by atoms with Crippen LogP contribution in [0.25, 0.3) is 0 Å². The molecule has 0 atom stereocenters. The van der Waals surface area contributed by atoms with Gasteiger partial charge in [-0.2, -0.15) is 0 Å². The summed E-state index contributed by atoms with van der Waals surface area (Å²) in [7, 11) is 1.87. The van der Waals surface area contributed by atoms with E-state index < -0.39 is 5.97 Å². The molecule has 2 N–H and O–H groups in total. The first-order valence-electron chi connectivity index (χ1n) is 5.06. The predicted molar refractivity (Wildman–Crippen MR) is 58.9 cm³/mol. The molecule has 0 spiro atoms. The molecular formula is C10H12N4O3. The third-order valence-electron chi connectivity index (χ3n) is 2.27. The van der Waals surface area contributed by atoms with Gasteiger partial charge in [-0.15, -0.1) is 10.2 Å². The Kier molecular flexibility index (Phi) is 3.08. The third kappa shape index (κ3) is 2.63. The summed E-state index contributed by atoms with van der Waals surface area (Å²) in [6.07, 6.45) is 2.31. The van der Waals surface area contributed by atoms with Crippen molar-refractivity contribution in [2.24, 2.45) is 7.05 Å². The second kappa shape index (κ2) is 4.69. The summed E-state index contributed by atoms with van der Waals surface area (Å²) in [5.74, 6) is 0.129. The molecule has 0 radical (unpaired) electrons. The smallest absolute Gasteiger partial charge is 0.371 e. The van der Waals surface area contributed by atoms with Gasteiger partial charge in [0.1, 0.15) is 12.2 Å². The second-order valence-electron chi connectivity index (χ2n) is 3.50. The molecule has 0 amide bonds. The molecule has 2 heterocycles. The molecular weight excluding hydrogens is 224 g/mol. The highest BCUT2D eigenvalue weighted by atomic mass is 16.4. The molecule has 0 aliphatic rings. The Morgan fingerprint density at radius 3 is 3.00 bits per heavy atom. The lowest BCUT2D eigenvalue weighted by atomic mass is 10.4. The Morgan fingerprint density at radius 1 is 1.59 bits per heavy atom. The van der Waals surface area contributed by atoms with Crippen LogP contribution in [0.5, 0.6) is 0 Å². The molecule has 0 saturated heterocycles. The van der Waals surface area contributed by atoms with Crippen molar-refractivity contribution in [1.82, 2.24) is 14.8 Å². The maximum absolute atomic E-state index is 10.6. The molecule has 0 saturated carbocycles. The topological polar surface area (TPSA) is 93.2 Å². The van der Waals surface area contributed by atoms with E-state index in [1.54, 1.807) is 12.4 Å². The zero-order valence-electron chi connectivity index (χ0n) is 9.25. The molecule has 7 heteroatoms. The van der Waals surface area contributed by atoms with E-state index in [2.05, 4.69) is 15.5 Å². The van der Waals surface area contributed by atoms with Crippen LogP contribution in [0.2, 0.25) is 0 Å². The summed E-state index contributed by atoms with van der Waals surface area (Å²) in [5.41, 5.74) is 0. The van der Waals surface area contributed by atoms with Gasteiger partial charge in [0.15, 0.2) is 5.88 Å². The number of carbonyl (C=O) groups is 1. The van der Waals surface area contributed by atoms with Gasteiger partial charge in [-0.05, 0) is 6.07 Å². The quantitative estimate of drug-likeness (QED) is 0.796. The van der Waals surface area contributed by atoms with Crippen LogP contribution in [0.1, 0.15) is 16.4 Å². The molecule has 0 aliphatic carbocycles. The largest absolute Gasteiger partial charge is 0.475 e. The normalized spacial score (nSPS) is 10.4. The number of hydrogen-bond acceptors (Lipinski definition) is 5. The van der Waals surface area contributed by atoms with Gasteiger partial charge in [0.2, 0.25) is 5.76 Å². The molecule has 17 heavy (non-hydrogen) atoms. The third-order valence-corrected chi connectivity index (χ3v) is 2.27. The summed E-state index contributed by atoms with van der Waals surface area (Å²) >= 11 is 0. The minimum atomic E-state index is -1.08. The lowest BCUT2D eigenvalue weighted by molar-refractivity contribution is 0.0663. The number of aromatic carboxylic acids is 1. The fraction of sp³-hybridized carbons (Fsp3) is 0.300. The molecule has 0 bridgehead atoms. The highest BCUT2D eigenvalue weighted by Crippen LogP contribution is 2.12. The number of furan rings is 1. The SMILES string of the molecule is Cn1cnnc1CCNc1ccc(C(=O)O)o1. The first-order valence-corrected chi connectivity index (χ1v) is 5.06. The van der Waals surface area contributed by atoms with Crippen LogP contribution in [0.3, 0.4) is 0 Å². The summed E-state index contributed by atoms with van der Waals surface area (Å²) < 4.78 is 6.87. The maximum Gasteiger partial charge on any atom is 0.371 e. The van der Waals surface area contributed by atoms with Gasteiger partial charge in [0.05, 0.1) is 0 Å². The van der Waals surface area contributed by atoms with Crippen molar-refractivity contribution in [2.45, 2.75) is 6.42 Å². The molecule has 0 unspecified atom stereocenters. The van der Waals surface area contributed by atoms with Crippen LogP contribution in [-0.4, -0.2) is 32.4 Å². The Bertz CT molecular complexity index is 517. The number of carboxylic acids is 1. The number of aromatic nitrogens is 3. The van der Waals surface area contributed by atoms with Gasteiger partial charge >= 0.3 is 5.97 Å². The highest BCUT2D eigenvalue weighted by Gasteiger charge is 2.08. The lowest BCUT2D eigenvalue weighted by Crippen LogP contribution is -2.08. The van der Waals surface area contributed by atoms with Crippen molar-refractivity contribution < 1.29 is 14.3 Å². The van der Waals surface area contributed by atoms with E-state index >= 15 is 0 Å². The zero-order valence-corrected chi connectivity index (χ0v) is 9.25.